The number of ether oxygens (including phenoxy) is 2. The molecule has 2 aliphatic heterocycles. The average molecular weight is 565 g/mol. The van der Waals surface area contributed by atoms with Crippen molar-refractivity contribution in [2.24, 2.45) is 16.8 Å². The molecule has 33 heavy (non-hydrogen) atoms. The van der Waals surface area contributed by atoms with Gasteiger partial charge >= 0.3 is 0 Å². The van der Waals surface area contributed by atoms with Crippen LogP contribution >= 0.6 is 24.0 Å². The van der Waals surface area contributed by atoms with Gasteiger partial charge in [0.1, 0.15) is 5.75 Å². The minimum atomic E-state index is 0. The molecule has 0 amide bonds. The molecule has 2 N–H and O–H groups in total. The molecule has 2 aliphatic rings. The quantitative estimate of drug-likeness (QED) is 0.286. The fourth-order valence-electron chi connectivity index (χ4n) is 4.38. The predicted molar refractivity (Wildman–Crippen MR) is 146 cm³/mol. The van der Waals surface area contributed by atoms with Gasteiger partial charge in [0.2, 0.25) is 0 Å². The number of nitrogens with zero attached hydrogens (tertiary/aromatic N) is 2. The number of aryl methyl sites for hydroxylation is 1. The molecule has 6 nitrogen and oxygen atoms in total. The van der Waals surface area contributed by atoms with E-state index in [0.717, 1.165) is 56.5 Å². The van der Waals surface area contributed by atoms with Crippen LogP contribution in [0.5, 0.6) is 5.75 Å². The van der Waals surface area contributed by atoms with Gasteiger partial charge in [0.25, 0.3) is 0 Å². The summed E-state index contributed by atoms with van der Waals surface area (Å²) in [7, 11) is 1.83. The zero-order chi connectivity index (χ0) is 22.2. The molecule has 0 bridgehead atoms. The average Bonchev–Trinajstić information content (AvgIpc) is 3.52. The van der Waals surface area contributed by atoms with Gasteiger partial charge in [-0.15, -0.1) is 24.0 Å². The molecule has 2 aromatic rings. The Kier molecular flexibility index (Phi) is 10.1. The van der Waals surface area contributed by atoms with E-state index in [1.807, 2.05) is 7.05 Å². The van der Waals surface area contributed by atoms with E-state index < -0.39 is 0 Å². The molecular formula is C26H37IN4O2. The molecule has 0 saturated carbocycles. The van der Waals surface area contributed by atoms with Crippen LogP contribution in [0.25, 0.3) is 0 Å². The lowest BCUT2D eigenvalue weighted by atomic mass is 10.1. The Morgan fingerprint density at radius 1 is 1.12 bits per heavy atom. The largest absolute Gasteiger partial charge is 0.493 e. The number of hydrogen-bond donors (Lipinski definition) is 2. The summed E-state index contributed by atoms with van der Waals surface area (Å²) >= 11 is 0. The van der Waals surface area contributed by atoms with Crippen molar-refractivity contribution >= 4 is 35.6 Å². The van der Waals surface area contributed by atoms with Gasteiger partial charge in [-0.25, -0.2) is 0 Å². The van der Waals surface area contributed by atoms with Crippen molar-refractivity contribution in [3.63, 3.8) is 0 Å². The van der Waals surface area contributed by atoms with E-state index in [9.17, 15) is 0 Å². The number of rotatable bonds is 8. The second-order valence-corrected chi connectivity index (χ2v) is 8.89. The van der Waals surface area contributed by atoms with Gasteiger partial charge < -0.3 is 25.0 Å². The Hall–Kier alpha value is -2.00. The number of aliphatic imine (C=N–C) groups is 1. The van der Waals surface area contributed by atoms with Crippen LogP contribution in [0.15, 0.2) is 53.5 Å². The van der Waals surface area contributed by atoms with E-state index in [1.165, 1.54) is 17.7 Å². The molecule has 2 aromatic carbocycles. The molecule has 0 spiro atoms. The van der Waals surface area contributed by atoms with Gasteiger partial charge in [-0.3, -0.25) is 4.99 Å². The highest BCUT2D eigenvalue weighted by Crippen LogP contribution is 2.24. The highest BCUT2D eigenvalue weighted by Gasteiger charge is 2.22. The number of halogens is 1. The van der Waals surface area contributed by atoms with Gasteiger partial charge in [0.05, 0.1) is 13.2 Å². The molecule has 0 aromatic heterocycles. The van der Waals surface area contributed by atoms with Crippen LogP contribution < -0.4 is 20.3 Å². The first kappa shape index (κ1) is 25.6. The monoisotopic (exact) mass is 564 g/mol. The van der Waals surface area contributed by atoms with Crippen LogP contribution in [0, 0.1) is 18.8 Å². The number of anilines is 1. The standard InChI is InChI=1S/C26H36N4O2.HI/c1-20-8-9-23(25(14-20)32-19-22-11-13-31-18-22)16-29-26(27-2)28-15-21-10-12-30(17-21)24-6-4-3-5-7-24;/h3-9,14,21-22H,10-13,15-19H2,1-2H3,(H2,27,28,29);1H. The van der Waals surface area contributed by atoms with Crippen LogP contribution in [0.3, 0.4) is 0 Å². The lowest BCUT2D eigenvalue weighted by molar-refractivity contribution is 0.166. The number of guanidine groups is 1. The molecule has 2 atom stereocenters. The smallest absolute Gasteiger partial charge is 0.191 e. The predicted octanol–water partition coefficient (Wildman–Crippen LogP) is 4.22. The Labute approximate surface area is 215 Å². The molecule has 180 valence electrons. The van der Waals surface area contributed by atoms with E-state index in [1.54, 1.807) is 0 Å². The number of nitrogens with one attached hydrogen (secondary N) is 2. The molecule has 0 radical (unpaired) electrons. The van der Waals surface area contributed by atoms with Gasteiger partial charge in [-0.1, -0.05) is 30.3 Å². The van der Waals surface area contributed by atoms with Crippen molar-refractivity contribution in [2.45, 2.75) is 26.3 Å². The van der Waals surface area contributed by atoms with E-state index >= 15 is 0 Å². The van der Waals surface area contributed by atoms with Crippen molar-refractivity contribution in [3.8, 4) is 5.75 Å². The van der Waals surface area contributed by atoms with Gasteiger partial charge in [0, 0.05) is 57.0 Å². The lowest BCUT2D eigenvalue weighted by Crippen LogP contribution is -2.40. The fourth-order valence-corrected chi connectivity index (χ4v) is 4.38. The zero-order valence-electron chi connectivity index (χ0n) is 19.8. The topological polar surface area (TPSA) is 58.1 Å². The summed E-state index contributed by atoms with van der Waals surface area (Å²) in [5, 5.41) is 6.98. The summed E-state index contributed by atoms with van der Waals surface area (Å²) in [5.74, 6) is 2.89. The van der Waals surface area contributed by atoms with Gasteiger partial charge in [-0.2, -0.15) is 0 Å². The third-order valence-electron chi connectivity index (χ3n) is 6.36. The first-order valence-electron chi connectivity index (χ1n) is 11.8. The third kappa shape index (κ3) is 7.50. The summed E-state index contributed by atoms with van der Waals surface area (Å²) in [6, 6.07) is 17.1. The summed E-state index contributed by atoms with van der Waals surface area (Å²) in [4.78, 5) is 6.89. The fraction of sp³-hybridized carbons (Fsp3) is 0.500. The van der Waals surface area contributed by atoms with E-state index in [-0.39, 0.29) is 24.0 Å². The molecule has 0 aliphatic carbocycles. The summed E-state index contributed by atoms with van der Waals surface area (Å²) < 4.78 is 11.7. The summed E-state index contributed by atoms with van der Waals surface area (Å²) in [5.41, 5.74) is 3.67. The first-order valence-corrected chi connectivity index (χ1v) is 11.8. The minimum absolute atomic E-state index is 0. The summed E-state index contributed by atoms with van der Waals surface area (Å²) in [6.45, 7) is 8.25. The lowest BCUT2D eigenvalue weighted by Gasteiger charge is -2.20. The molecule has 4 rings (SSSR count). The van der Waals surface area contributed by atoms with Crippen molar-refractivity contribution in [1.82, 2.24) is 10.6 Å². The Morgan fingerprint density at radius 2 is 1.97 bits per heavy atom. The first-order chi connectivity index (χ1) is 15.7. The minimum Gasteiger partial charge on any atom is -0.493 e. The van der Waals surface area contributed by atoms with Crippen molar-refractivity contribution < 1.29 is 9.47 Å². The highest BCUT2D eigenvalue weighted by molar-refractivity contribution is 14.0. The van der Waals surface area contributed by atoms with Gasteiger partial charge in [0.15, 0.2) is 5.96 Å². The molecule has 2 unspecified atom stereocenters. The Morgan fingerprint density at radius 3 is 2.73 bits per heavy atom. The maximum Gasteiger partial charge on any atom is 0.191 e. The van der Waals surface area contributed by atoms with Crippen molar-refractivity contribution in [2.75, 3.05) is 51.4 Å². The van der Waals surface area contributed by atoms with E-state index in [0.29, 0.717) is 25.0 Å². The van der Waals surface area contributed by atoms with E-state index in [2.05, 4.69) is 76.0 Å². The van der Waals surface area contributed by atoms with E-state index in [4.69, 9.17) is 9.47 Å². The third-order valence-corrected chi connectivity index (χ3v) is 6.36. The molecular weight excluding hydrogens is 527 g/mol. The highest BCUT2D eigenvalue weighted by atomic mass is 127. The van der Waals surface area contributed by atoms with Crippen LogP contribution in [-0.2, 0) is 11.3 Å². The molecule has 2 saturated heterocycles. The second kappa shape index (κ2) is 13.0. The van der Waals surface area contributed by atoms with Crippen LogP contribution in [-0.4, -0.2) is 52.5 Å². The summed E-state index contributed by atoms with van der Waals surface area (Å²) in [6.07, 6.45) is 2.28. The number of benzene rings is 2. The Bertz CT molecular complexity index is 887. The van der Waals surface area contributed by atoms with Crippen molar-refractivity contribution in [1.29, 1.82) is 0 Å². The van der Waals surface area contributed by atoms with Crippen LogP contribution in [0.2, 0.25) is 0 Å². The maximum atomic E-state index is 6.18. The van der Waals surface area contributed by atoms with Crippen molar-refractivity contribution in [3.05, 3.63) is 59.7 Å². The van der Waals surface area contributed by atoms with Crippen LogP contribution in [0.4, 0.5) is 5.69 Å². The molecule has 2 fully saturated rings. The SMILES string of the molecule is CN=C(NCc1ccc(C)cc1OCC1CCOC1)NCC1CCN(c2ccccc2)C1.I. The van der Waals surface area contributed by atoms with Gasteiger partial charge in [-0.05, 0) is 49.4 Å². The maximum absolute atomic E-state index is 6.18. The Balaban J connectivity index is 0.00000306. The molecule has 7 heteroatoms. The zero-order valence-corrected chi connectivity index (χ0v) is 22.1. The second-order valence-electron chi connectivity index (χ2n) is 8.89. The number of hydrogen-bond acceptors (Lipinski definition) is 4. The van der Waals surface area contributed by atoms with Crippen LogP contribution in [0.1, 0.15) is 24.0 Å². The normalized spacial score (nSPS) is 20.4. The molecule has 2 heterocycles. The number of para-hydroxylation sites is 1.